The predicted molar refractivity (Wildman–Crippen MR) is 77.8 cm³/mol. The normalized spacial score (nSPS) is 10.6. The third-order valence-electron chi connectivity index (χ3n) is 1.99. The summed E-state index contributed by atoms with van der Waals surface area (Å²) in [6.45, 7) is 5.31. The Morgan fingerprint density at radius 1 is 1.40 bits per heavy atom. The number of hydroxylamine groups is 2. The maximum absolute atomic E-state index is 11.8. The van der Waals surface area contributed by atoms with Gasteiger partial charge in [0.1, 0.15) is 0 Å². The van der Waals surface area contributed by atoms with Crippen molar-refractivity contribution in [2.75, 3.05) is 0 Å². The van der Waals surface area contributed by atoms with Crippen LogP contribution in [-0.4, -0.2) is 32.6 Å². The molecule has 0 unspecified atom stereocenters. The molecule has 1 aromatic heterocycles. The first-order chi connectivity index (χ1) is 9.20. The molecule has 0 spiro atoms. The molecule has 0 aliphatic rings. The maximum Gasteiger partial charge on any atom is 0.321 e. The molecular weight excluding hydrogens is 280 g/mol. The van der Waals surface area contributed by atoms with E-state index in [0.717, 1.165) is 0 Å². The van der Waals surface area contributed by atoms with Gasteiger partial charge < -0.3 is 15.6 Å². The van der Waals surface area contributed by atoms with Crippen LogP contribution in [0.5, 0.6) is 0 Å². The molecule has 0 bridgehead atoms. The fourth-order valence-corrected chi connectivity index (χ4v) is 1.39. The van der Waals surface area contributed by atoms with Gasteiger partial charge in [0.2, 0.25) is 0 Å². The molecule has 0 saturated carbocycles. The van der Waals surface area contributed by atoms with Crippen LogP contribution in [0.25, 0.3) is 0 Å². The smallest absolute Gasteiger partial charge is 0.321 e. The lowest BCUT2D eigenvalue weighted by Crippen LogP contribution is -2.51. The van der Waals surface area contributed by atoms with Crippen LogP contribution in [0.1, 0.15) is 31.1 Å². The van der Waals surface area contributed by atoms with Gasteiger partial charge in [0, 0.05) is 17.9 Å². The number of hydrogen-bond acceptors (Lipinski definition) is 5. The lowest BCUT2D eigenvalue weighted by atomic mass is 10.1. The zero-order valence-corrected chi connectivity index (χ0v) is 12.2. The molecule has 1 rings (SSSR count). The first-order valence-electron chi connectivity index (χ1n) is 5.75. The summed E-state index contributed by atoms with van der Waals surface area (Å²) in [5, 5.41) is 15.8. The predicted octanol–water partition coefficient (Wildman–Crippen LogP) is 1.40. The first-order valence-corrected chi connectivity index (χ1v) is 6.16. The average Bonchev–Trinajstić information content (AvgIpc) is 2.35. The Balaban J connectivity index is 2.64. The standard InChI is InChI=1S/C12H15N4O3S/c1-12(2,3)15-10(18)14-11(20)16(19)9(17)8-5-4-6-13-7-8/h4-7H,1-3H3,(H2,14,15,18,20)/q-1. The van der Waals surface area contributed by atoms with Crippen molar-refractivity contribution in [3.05, 3.63) is 35.3 Å². The monoisotopic (exact) mass is 295 g/mol. The van der Waals surface area contributed by atoms with Crippen LogP contribution >= 0.6 is 12.2 Å². The molecule has 1 heterocycles. The molecule has 2 N–H and O–H groups in total. The first kappa shape index (κ1) is 16.0. The molecule has 0 saturated heterocycles. The van der Waals surface area contributed by atoms with Gasteiger partial charge in [0.15, 0.2) is 5.11 Å². The zero-order valence-electron chi connectivity index (χ0n) is 11.3. The minimum absolute atomic E-state index is 0.0609. The third-order valence-corrected chi connectivity index (χ3v) is 2.25. The van der Waals surface area contributed by atoms with Gasteiger partial charge in [0.05, 0.1) is 5.56 Å². The van der Waals surface area contributed by atoms with Crippen LogP contribution in [0.4, 0.5) is 4.79 Å². The molecule has 108 valence electrons. The van der Waals surface area contributed by atoms with E-state index in [-0.39, 0.29) is 10.6 Å². The third kappa shape index (κ3) is 4.90. The van der Waals surface area contributed by atoms with Gasteiger partial charge in [-0.3, -0.25) is 15.1 Å². The van der Waals surface area contributed by atoms with Crippen molar-refractivity contribution >= 4 is 29.3 Å². The molecule has 0 atom stereocenters. The van der Waals surface area contributed by atoms with Gasteiger partial charge in [-0.15, -0.1) is 0 Å². The zero-order chi connectivity index (χ0) is 15.3. The summed E-state index contributed by atoms with van der Waals surface area (Å²) >= 11 is 4.72. The summed E-state index contributed by atoms with van der Waals surface area (Å²) in [7, 11) is 0. The number of nitrogens with zero attached hydrogens (tertiary/aromatic N) is 2. The summed E-state index contributed by atoms with van der Waals surface area (Å²) in [4.78, 5) is 27.0. The number of thiocarbonyl (C=S) groups is 1. The highest BCUT2D eigenvalue weighted by Gasteiger charge is 2.17. The highest BCUT2D eigenvalue weighted by atomic mass is 32.1. The van der Waals surface area contributed by atoms with Gasteiger partial charge in [-0.1, -0.05) is 0 Å². The van der Waals surface area contributed by atoms with Crippen molar-refractivity contribution in [1.82, 2.24) is 20.7 Å². The Hall–Kier alpha value is -2.06. The topological polar surface area (TPSA) is 97.4 Å². The SMILES string of the molecule is CC(C)(C)NC(=O)NC(=S)N([O-])C(=O)c1cccnc1. The van der Waals surface area contributed by atoms with E-state index in [1.54, 1.807) is 20.8 Å². The number of carbonyl (C=O) groups is 2. The average molecular weight is 295 g/mol. The van der Waals surface area contributed by atoms with Crippen molar-refractivity contribution < 1.29 is 9.59 Å². The number of rotatable bonds is 1. The van der Waals surface area contributed by atoms with Crippen LogP contribution in [0.2, 0.25) is 0 Å². The molecule has 20 heavy (non-hydrogen) atoms. The molecule has 0 aromatic carbocycles. The largest absolute Gasteiger partial charge is 0.750 e. The van der Waals surface area contributed by atoms with Crippen LogP contribution in [0.3, 0.4) is 0 Å². The highest BCUT2D eigenvalue weighted by Crippen LogP contribution is 2.03. The lowest BCUT2D eigenvalue weighted by molar-refractivity contribution is 0.0887. The molecule has 0 aliphatic carbocycles. The van der Waals surface area contributed by atoms with E-state index in [1.807, 2.05) is 0 Å². The summed E-state index contributed by atoms with van der Waals surface area (Å²) in [6, 6.07) is 2.30. The van der Waals surface area contributed by atoms with Crippen molar-refractivity contribution in [3.8, 4) is 0 Å². The number of amides is 3. The number of urea groups is 1. The molecule has 7 nitrogen and oxygen atoms in total. The van der Waals surface area contributed by atoms with Gasteiger partial charge in [0.25, 0.3) is 5.91 Å². The lowest BCUT2D eigenvalue weighted by Gasteiger charge is -2.29. The van der Waals surface area contributed by atoms with E-state index in [4.69, 9.17) is 12.2 Å². The summed E-state index contributed by atoms with van der Waals surface area (Å²) in [6.07, 6.45) is 2.71. The molecule has 3 amide bonds. The Kier molecular flexibility index (Phi) is 5.12. The van der Waals surface area contributed by atoms with Gasteiger partial charge in [-0.05, 0) is 45.1 Å². The molecule has 0 fully saturated rings. The Bertz CT molecular complexity index is 513. The molecule has 0 aliphatic heterocycles. The van der Waals surface area contributed by atoms with Crippen molar-refractivity contribution in [2.45, 2.75) is 26.3 Å². The highest BCUT2D eigenvalue weighted by molar-refractivity contribution is 7.80. The van der Waals surface area contributed by atoms with E-state index in [9.17, 15) is 14.8 Å². The number of hydrogen-bond donors (Lipinski definition) is 2. The summed E-state index contributed by atoms with van der Waals surface area (Å²) < 4.78 is 0. The summed E-state index contributed by atoms with van der Waals surface area (Å²) in [5.41, 5.74) is -0.399. The Morgan fingerprint density at radius 2 is 2.05 bits per heavy atom. The van der Waals surface area contributed by atoms with Crippen LogP contribution < -0.4 is 10.6 Å². The number of nitrogens with one attached hydrogen (secondary N) is 2. The summed E-state index contributed by atoms with van der Waals surface area (Å²) in [5.74, 6) is -0.890. The van der Waals surface area contributed by atoms with E-state index in [1.165, 1.54) is 24.5 Å². The van der Waals surface area contributed by atoms with Gasteiger partial charge in [-0.2, -0.15) is 0 Å². The minimum Gasteiger partial charge on any atom is -0.750 e. The van der Waals surface area contributed by atoms with Crippen LogP contribution in [0.15, 0.2) is 24.5 Å². The molecule has 8 heteroatoms. The van der Waals surface area contributed by atoms with E-state index in [0.29, 0.717) is 0 Å². The number of pyridine rings is 1. The Morgan fingerprint density at radius 3 is 2.55 bits per heavy atom. The van der Waals surface area contributed by atoms with Crippen LogP contribution in [-0.2, 0) is 0 Å². The molecular formula is C12H15N4O3S-. The molecule has 0 radical (unpaired) electrons. The fraction of sp³-hybridized carbons (Fsp3) is 0.333. The quantitative estimate of drug-likeness (QED) is 0.603. The fourth-order valence-electron chi connectivity index (χ4n) is 1.22. The van der Waals surface area contributed by atoms with Crippen molar-refractivity contribution in [1.29, 1.82) is 0 Å². The van der Waals surface area contributed by atoms with Crippen molar-refractivity contribution in [2.24, 2.45) is 0 Å². The maximum atomic E-state index is 11.8. The second-order valence-electron chi connectivity index (χ2n) is 4.98. The van der Waals surface area contributed by atoms with Crippen LogP contribution in [0, 0.1) is 5.21 Å². The van der Waals surface area contributed by atoms with E-state index in [2.05, 4.69) is 15.6 Å². The van der Waals surface area contributed by atoms with E-state index < -0.39 is 22.6 Å². The molecule has 1 aromatic rings. The second-order valence-corrected chi connectivity index (χ2v) is 5.36. The number of aromatic nitrogens is 1. The van der Waals surface area contributed by atoms with E-state index >= 15 is 0 Å². The Labute approximate surface area is 121 Å². The van der Waals surface area contributed by atoms with Gasteiger partial charge >= 0.3 is 6.03 Å². The minimum atomic E-state index is -0.890. The van der Waals surface area contributed by atoms with Gasteiger partial charge in [-0.25, -0.2) is 4.79 Å². The second kappa shape index (κ2) is 6.40. The number of carbonyl (C=O) groups excluding carboxylic acids is 2. The van der Waals surface area contributed by atoms with Crippen molar-refractivity contribution in [3.63, 3.8) is 0 Å².